The van der Waals surface area contributed by atoms with Crippen molar-refractivity contribution in [2.45, 2.75) is 24.0 Å². The molecule has 6 heteroatoms. The summed E-state index contributed by atoms with van der Waals surface area (Å²) in [5, 5.41) is 13.4. The number of methoxy groups -OCH3 is 1. The number of aryl methyl sites for hydroxylation is 1. The molecule has 32 heavy (non-hydrogen) atoms. The molecule has 0 heterocycles. The van der Waals surface area contributed by atoms with Crippen LogP contribution in [0.25, 0.3) is 10.8 Å². The van der Waals surface area contributed by atoms with E-state index in [4.69, 9.17) is 4.74 Å². The molecule has 0 amide bonds. The van der Waals surface area contributed by atoms with Gasteiger partial charge in [0.05, 0.1) is 18.0 Å². The van der Waals surface area contributed by atoms with Crippen molar-refractivity contribution in [1.29, 1.82) is 0 Å². The number of benzene rings is 4. The molecule has 2 atom stereocenters. The number of hydrogen-bond acceptors (Lipinski definition) is 4. The van der Waals surface area contributed by atoms with Crippen molar-refractivity contribution in [1.82, 2.24) is 4.72 Å². The first-order chi connectivity index (χ1) is 15.4. The molecule has 2 unspecified atom stereocenters. The third-order valence-electron chi connectivity index (χ3n) is 5.52. The quantitative estimate of drug-likeness (QED) is 0.422. The van der Waals surface area contributed by atoms with Crippen molar-refractivity contribution in [3.63, 3.8) is 0 Å². The van der Waals surface area contributed by atoms with Crippen LogP contribution in [0.2, 0.25) is 0 Å². The molecule has 0 aromatic heterocycles. The van der Waals surface area contributed by atoms with Crippen molar-refractivity contribution >= 4 is 20.8 Å². The van der Waals surface area contributed by atoms with Gasteiger partial charge in [-0.15, -0.1) is 0 Å². The Balaban J connectivity index is 1.80. The number of ether oxygens (including phenoxy) is 1. The SMILES string of the molecule is COc1ccccc1C(O)C(NS(=O)(=O)c1ccc(C)cc1)c1ccc2ccccc2c1. The minimum absolute atomic E-state index is 0.140. The van der Waals surface area contributed by atoms with Crippen LogP contribution in [-0.4, -0.2) is 20.6 Å². The first-order valence-corrected chi connectivity index (χ1v) is 11.8. The number of fused-ring (bicyclic) bond motifs is 1. The smallest absolute Gasteiger partial charge is 0.241 e. The van der Waals surface area contributed by atoms with E-state index in [1.807, 2.05) is 49.4 Å². The van der Waals surface area contributed by atoms with E-state index in [0.29, 0.717) is 16.9 Å². The zero-order chi connectivity index (χ0) is 22.7. The van der Waals surface area contributed by atoms with Crippen molar-refractivity contribution < 1.29 is 18.3 Å². The molecule has 0 spiro atoms. The van der Waals surface area contributed by atoms with Gasteiger partial charge < -0.3 is 9.84 Å². The van der Waals surface area contributed by atoms with E-state index in [0.717, 1.165) is 16.3 Å². The molecule has 0 bridgehead atoms. The largest absolute Gasteiger partial charge is 0.496 e. The predicted octanol–water partition coefficient (Wildman–Crippen LogP) is 4.91. The Morgan fingerprint density at radius 2 is 1.50 bits per heavy atom. The van der Waals surface area contributed by atoms with E-state index in [-0.39, 0.29) is 4.90 Å². The van der Waals surface area contributed by atoms with Gasteiger partial charge in [0, 0.05) is 5.56 Å². The van der Waals surface area contributed by atoms with Crippen LogP contribution in [0.4, 0.5) is 0 Å². The summed E-state index contributed by atoms with van der Waals surface area (Å²) in [6.45, 7) is 1.90. The summed E-state index contributed by atoms with van der Waals surface area (Å²) in [7, 11) is -2.38. The van der Waals surface area contributed by atoms with Gasteiger partial charge in [0.25, 0.3) is 0 Å². The van der Waals surface area contributed by atoms with Gasteiger partial charge >= 0.3 is 0 Å². The summed E-state index contributed by atoms with van der Waals surface area (Å²) in [5.41, 5.74) is 2.11. The molecule has 0 fully saturated rings. The number of rotatable bonds is 7. The van der Waals surface area contributed by atoms with Gasteiger partial charge in [-0.2, -0.15) is 0 Å². The van der Waals surface area contributed by atoms with Crippen LogP contribution in [0.15, 0.2) is 95.9 Å². The van der Waals surface area contributed by atoms with Crippen LogP contribution in [0.1, 0.15) is 28.8 Å². The van der Waals surface area contributed by atoms with E-state index in [1.54, 1.807) is 48.5 Å². The summed E-state index contributed by atoms with van der Waals surface area (Å²) >= 11 is 0. The molecule has 0 aliphatic heterocycles. The van der Waals surface area contributed by atoms with Gasteiger partial charge in [0.2, 0.25) is 10.0 Å². The Hall–Kier alpha value is -3.19. The van der Waals surface area contributed by atoms with Gasteiger partial charge in [-0.25, -0.2) is 13.1 Å². The molecule has 0 radical (unpaired) electrons. The van der Waals surface area contributed by atoms with Crippen molar-refractivity contribution in [2.75, 3.05) is 7.11 Å². The summed E-state index contributed by atoms with van der Waals surface area (Å²) in [6.07, 6.45) is -1.17. The summed E-state index contributed by atoms with van der Waals surface area (Å²) in [4.78, 5) is 0.140. The standard InChI is InChI=1S/C26H25NO4S/c1-18-11-15-22(16-12-18)32(29,30)27-25(26(28)23-9-5-6-10-24(23)31-2)21-14-13-19-7-3-4-8-20(19)17-21/h3-17,25-28H,1-2H3. The second-order valence-corrected chi connectivity index (χ2v) is 9.42. The fraction of sp³-hybridized carbons (Fsp3) is 0.154. The van der Waals surface area contributed by atoms with Crippen molar-refractivity contribution in [2.24, 2.45) is 0 Å². The molecule has 4 aromatic rings. The Labute approximate surface area is 188 Å². The third-order valence-corrected chi connectivity index (χ3v) is 6.98. The maximum Gasteiger partial charge on any atom is 0.241 e. The first kappa shape index (κ1) is 22.0. The normalized spacial score (nSPS) is 13.6. The average Bonchev–Trinajstić information content (AvgIpc) is 2.82. The summed E-state index contributed by atoms with van der Waals surface area (Å²) in [6, 6.07) is 26.2. The third kappa shape index (κ3) is 4.53. The molecule has 2 N–H and O–H groups in total. The lowest BCUT2D eigenvalue weighted by molar-refractivity contribution is 0.136. The Morgan fingerprint density at radius 1 is 0.844 bits per heavy atom. The molecule has 4 aromatic carbocycles. The number of aliphatic hydroxyl groups is 1. The molecule has 0 aliphatic rings. The number of nitrogens with one attached hydrogen (secondary N) is 1. The van der Waals surface area contributed by atoms with Gasteiger partial charge in [-0.1, -0.05) is 72.3 Å². The van der Waals surface area contributed by atoms with Crippen LogP contribution in [-0.2, 0) is 10.0 Å². The van der Waals surface area contributed by atoms with Gasteiger partial charge in [0.1, 0.15) is 11.9 Å². The Kier molecular flexibility index (Phi) is 6.28. The van der Waals surface area contributed by atoms with Crippen molar-refractivity contribution in [3.05, 3.63) is 108 Å². The van der Waals surface area contributed by atoms with Crippen LogP contribution in [0.3, 0.4) is 0 Å². The van der Waals surface area contributed by atoms with Gasteiger partial charge in [0.15, 0.2) is 0 Å². The van der Waals surface area contributed by atoms with Crippen LogP contribution in [0.5, 0.6) is 5.75 Å². The lowest BCUT2D eigenvalue weighted by Gasteiger charge is -2.26. The lowest BCUT2D eigenvalue weighted by Crippen LogP contribution is -2.33. The van der Waals surface area contributed by atoms with E-state index >= 15 is 0 Å². The number of aliphatic hydroxyl groups excluding tert-OH is 1. The second-order valence-electron chi connectivity index (χ2n) is 7.71. The lowest BCUT2D eigenvalue weighted by atomic mass is 9.94. The van der Waals surface area contributed by atoms with Crippen LogP contribution < -0.4 is 9.46 Å². The monoisotopic (exact) mass is 447 g/mol. The maximum absolute atomic E-state index is 13.2. The molecule has 0 saturated heterocycles. The molecule has 0 saturated carbocycles. The Bertz CT molecular complexity index is 1330. The summed E-state index contributed by atoms with van der Waals surface area (Å²) < 4.78 is 34.6. The number of hydrogen-bond donors (Lipinski definition) is 2. The first-order valence-electron chi connectivity index (χ1n) is 10.3. The van der Waals surface area contributed by atoms with Gasteiger partial charge in [-0.05, 0) is 47.5 Å². The highest BCUT2D eigenvalue weighted by Crippen LogP contribution is 2.36. The van der Waals surface area contributed by atoms with E-state index < -0.39 is 22.2 Å². The topological polar surface area (TPSA) is 75.6 Å². The molecule has 4 rings (SSSR count). The predicted molar refractivity (Wildman–Crippen MR) is 126 cm³/mol. The van der Waals surface area contributed by atoms with Gasteiger partial charge in [-0.3, -0.25) is 0 Å². The minimum atomic E-state index is -3.90. The zero-order valence-electron chi connectivity index (χ0n) is 17.9. The molecule has 5 nitrogen and oxygen atoms in total. The van der Waals surface area contributed by atoms with Crippen LogP contribution in [0, 0.1) is 6.92 Å². The molecule has 0 aliphatic carbocycles. The van der Waals surface area contributed by atoms with E-state index in [9.17, 15) is 13.5 Å². The Morgan fingerprint density at radius 3 is 2.22 bits per heavy atom. The maximum atomic E-state index is 13.2. The van der Waals surface area contributed by atoms with E-state index in [2.05, 4.69) is 4.72 Å². The molecule has 164 valence electrons. The minimum Gasteiger partial charge on any atom is -0.496 e. The number of para-hydroxylation sites is 1. The summed E-state index contributed by atoms with van der Waals surface area (Å²) in [5.74, 6) is 0.486. The fourth-order valence-corrected chi connectivity index (χ4v) is 4.99. The van der Waals surface area contributed by atoms with Crippen molar-refractivity contribution in [3.8, 4) is 5.75 Å². The molecular formula is C26H25NO4S. The van der Waals surface area contributed by atoms with Crippen LogP contribution >= 0.6 is 0 Å². The fourth-order valence-electron chi connectivity index (χ4n) is 3.76. The zero-order valence-corrected chi connectivity index (χ0v) is 18.7. The average molecular weight is 448 g/mol. The second kappa shape index (κ2) is 9.12. The highest BCUT2D eigenvalue weighted by molar-refractivity contribution is 7.89. The van der Waals surface area contributed by atoms with E-state index in [1.165, 1.54) is 7.11 Å². The number of sulfonamides is 1. The highest BCUT2D eigenvalue weighted by atomic mass is 32.2. The molecular weight excluding hydrogens is 422 g/mol. The highest BCUT2D eigenvalue weighted by Gasteiger charge is 2.30.